The molecule has 0 atom stereocenters. The van der Waals surface area contributed by atoms with E-state index in [2.05, 4.69) is 20.8 Å². The smallest absolute Gasteiger partial charge is 0.336 e. The number of hydrogen-bond donors (Lipinski definition) is 2. The summed E-state index contributed by atoms with van der Waals surface area (Å²) in [7, 11) is -0.696. The lowest BCUT2D eigenvalue weighted by Crippen LogP contribution is -2.36. The van der Waals surface area contributed by atoms with E-state index in [4.69, 9.17) is 5.11 Å². The molecule has 0 bridgehead atoms. The van der Waals surface area contributed by atoms with Gasteiger partial charge in [0.25, 0.3) is 10.0 Å². The van der Waals surface area contributed by atoms with E-state index in [1.165, 1.54) is 31.2 Å². The number of aromatic carboxylic acids is 1. The predicted octanol–water partition coefficient (Wildman–Crippen LogP) is 0.902. The highest BCUT2D eigenvalue weighted by molar-refractivity contribution is 9.10. The molecule has 1 aromatic carbocycles. The van der Waals surface area contributed by atoms with Crippen molar-refractivity contribution in [2.45, 2.75) is 4.90 Å². The van der Waals surface area contributed by atoms with Gasteiger partial charge in [-0.15, -0.1) is 4.83 Å². The fraction of sp³-hybridized carbons (Fsp3) is 0.222. The van der Waals surface area contributed by atoms with E-state index in [9.17, 15) is 13.2 Å². The average Bonchev–Trinajstić information content (AvgIpc) is 2.15. The molecule has 1 rings (SSSR count). The third-order valence-corrected chi connectivity index (χ3v) is 3.95. The highest BCUT2D eigenvalue weighted by atomic mass is 79.9. The van der Waals surface area contributed by atoms with Crippen LogP contribution in [0.3, 0.4) is 0 Å². The van der Waals surface area contributed by atoms with Crippen LogP contribution >= 0.6 is 15.9 Å². The van der Waals surface area contributed by atoms with Crippen molar-refractivity contribution in [1.82, 2.24) is 9.84 Å². The van der Waals surface area contributed by atoms with Crippen LogP contribution in [0.1, 0.15) is 10.4 Å². The second-order valence-corrected chi connectivity index (χ2v) is 5.95. The zero-order chi connectivity index (χ0) is 13.2. The van der Waals surface area contributed by atoms with Gasteiger partial charge in [0.2, 0.25) is 0 Å². The Morgan fingerprint density at radius 2 is 2.00 bits per heavy atom. The van der Waals surface area contributed by atoms with Crippen LogP contribution in [0.4, 0.5) is 0 Å². The minimum atomic E-state index is -3.74. The quantitative estimate of drug-likeness (QED) is 0.804. The summed E-state index contributed by atoms with van der Waals surface area (Å²) >= 11 is 3.04. The fourth-order valence-corrected chi connectivity index (χ4v) is 2.65. The second-order valence-electron chi connectivity index (χ2n) is 3.44. The molecular weight excluding hydrogens is 312 g/mol. The van der Waals surface area contributed by atoms with Crippen molar-refractivity contribution in [1.29, 1.82) is 0 Å². The Hall–Kier alpha value is -0.960. The maximum Gasteiger partial charge on any atom is 0.336 e. The normalized spacial score (nSPS) is 11.8. The van der Waals surface area contributed by atoms with Crippen molar-refractivity contribution >= 4 is 31.9 Å². The third kappa shape index (κ3) is 3.50. The molecule has 0 aliphatic heterocycles. The van der Waals surface area contributed by atoms with Crippen molar-refractivity contribution in [3.63, 3.8) is 0 Å². The fourth-order valence-electron chi connectivity index (χ4n) is 1.13. The molecule has 0 saturated carbocycles. The van der Waals surface area contributed by atoms with E-state index in [1.54, 1.807) is 0 Å². The highest BCUT2D eigenvalue weighted by Crippen LogP contribution is 2.21. The van der Waals surface area contributed by atoms with Crippen molar-refractivity contribution < 1.29 is 18.3 Å². The Balaban J connectivity index is 3.25. The lowest BCUT2D eigenvalue weighted by atomic mass is 10.2. The number of nitrogens with zero attached hydrogens (tertiary/aromatic N) is 1. The van der Waals surface area contributed by atoms with Crippen molar-refractivity contribution in [2.75, 3.05) is 14.1 Å². The number of carboxylic acids is 1. The van der Waals surface area contributed by atoms with Gasteiger partial charge in [0.15, 0.2) is 0 Å². The van der Waals surface area contributed by atoms with Gasteiger partial charge in [0.05, 0.1) is 10.5 Å². The van der Waals surface area contributed by atoms with E-state index in [-0.39, 0.29) is 10.5 Å². The van der Waals surface area contributed by atoms with E-state index >= 15 is 0 Å². The molecule has 17 heavy (non-hydrogen) atoms. The van der Waals surface area contributed by atoms with Gasteiger partial charge in [0, 0.05) is 18.6 Å². The first-order chi connectivity index (χ1) is 7.74. The number of benzene rings is 1. The third-order valence-electron chi connectivity index (χ3n) is 1.78. The number of hydrogen-bond acceptors (Lipinski definition) is 4. The molecule has 8 heteroatoms. The van der Waals surface area contributed by atoms with Crippen LogP contribution in [0.5, 0.6) is 0 Å². The molecule has 0 fully saturated rings. The van der Waals surface area contributed by atoms with E-state index in [0.29, 0.717) is 4.47 Å². The number of carbonyl (C=O) groups is 1. The zero-order valence-electron chi connectivity index (χ0n) is 9.14. The minimum absolute atomic E-state index is 0.105. The Labute approximate surface area is 107 Å². The molecule has 1 aromatic rings. The Kier molecular flexibility index (Phi) is 4.26. The minimum Gasteiger partial charge on any atom is -0.478 e. The number of hydrazine groups is 1. The van der Waals surface area contributed by atoms with E-state index < -0.39 is 16.0 Å². The Morgan fingerprint density at radius 1 is 1.41 bits per heavy atom. The van der Waals surface area contributed by atoms with Crippen molar-refractivity contribution in [3.8, 4) is 0 Å². The van der Waals surface area contributed by atoms with Crippen molar-refractivity contribution in [2.24, 2.45) is 0 Å². The van der Waals surface area contributed by atoms with E-state index in [1.807, 2.05) is 0 Å². The standard InChI is InChI=1S/C9H11BrN2O4S/c1-12(2)11-17(15,16)6-3-4-8(10)7(5-6)9(13)14/h3-5,11H,1-2H3,(H,13,14). The molecule has 2 N–H and O–H groups in total. The molecule has 0 heterocycles. The first kappa shape index (κ1) is 14.1. The maximum atomic E-state index is 11.8. The van der Waals surface area contributed by atoms with Crippen LogP contribution in [0.15, 0.2) is 27.6 Å². The van der Waals surface area contributed by atoms with Gasteiger partial charge < -0.3 is 5.11 Å². The molecule has 94 valence electrons. The molecule has 0 radical (unpaired) electrons. The monoisotopic (exact) mass is 322 g/mol. The summed E-state index contributed by atoms with van der Waals surface area (Å²) in [6.45, 7) is 0. The molecule has 0 aliphatic carbocycles. The average molecular weight is 323 g/mol. The number of rotatable bonds is 4. The Bertz CT molecular complexity index is 542. The SMILES string of the molecule is CN(C)NS(=O)(=O)c1ccc(Br)c(C(=O)O)c1. The summed E-state index contributed by atoms with van der Waals surface area (Å²) in [6, 6.07) is 3.80. The molecule has 0 spiro atoms. The van der Waals surface area contributed by atoms with Crippen molar-refractivity contribution in [3.05, 3.63) is 28.2 Å². The second kappa shape index (κ2) is 5.13. The first-order valence-electron chi connectivity index (χ1n) is 4.46. The predicted molar refractivity (Wildman–Crippen MR) is 65.1 cm³/mol. The topological polar surface area (TPSA) is 86.7 Å². The number of halogens is 1. The summed E-state index contributed by atoms with van der Waals surface area (Å²) in [5.74, 6) is -1.20. The van der Waals surface area contributed by atoms with Gasteiger partial charge >= 0.3 is 5.97 Å². The number of carboxylic acid groups (broad SMARTS) is 1. The van der Waals surface area contributed by atoms with Crippen LogP contribution in [-0.2, 0) is 10.0 Å². The van der Waals surface area contributed by atoms with Gasteiger partial charge in [-0.05, 0) is 34.1 Å². The summed E-state index contributed by atoms with van der Waals surface area (Å²) in [6.07, 6.45) is 0. The largest absolute Gasteiger partial charge is 0.478 e. The van der Waals surface area contributed by atoms with Gasteiger partial charge in [-0.2, -0.15) is 0 Å². The summed E-state index contributed by atoms with van der Waals surface area (Å²) < 4.78 is 23.9. The van der Waals surface area contributed by atoms with Gasteiger partial charge in [-0.25, -0.2) is 18.2 Å². The molecule has 0 amide bonds. The zero-order valence-corrected chi connectivity index (χ0v) is 11.5. The molecule has 0 saturated heterocycles. The van der Waals surface area contributed by atoms with Crippen LogP contribution in [0.2, 0.25) is 0 Å². The first-order valence-corrected chi connectivity index (χ1v) is 6.74. The molecule has 6 nitrogen and oxygen atoms in total. The van der Waals surface area contributed by atoms with Crippen LogP contribution in [-0.4, -0.2) is 38.6 Å². The highest BCUT2D eigenvalue weighted by Gasteiger charge is 2.18. The van der Waals surface area contributed by atoms with E-state index in [0.717, 1.165) is 6.07 Å². The van der Waals surface area contributed by atoms with Gasteiger partial charge in [-0.3, -0.25) is 0 Å². The molecular formula is C9H11BrN2O4S. The summed E-state index contributed by atoms with van der Waals surface area (Å²) in [5, 5.41) is 10.1. The maximum absolute atomic E-state index is 11.8. The van der Waals surface area contributed by atoms with Crippen LogP contribution in [0.25, 0.3) is 0 Å². The molecule has 0 aliphatic rings. The Morgan fingerprint density at radius 3 is 2.47 bits per heavy atom. The van der Waals surface area contributed by atoms with Crippen LogP contribution in [0, 0.1) is 0 Å². The van der Waals surface area contributed by atoms with Gasteiger partial charge in [-0.1, -0.05) is 0 Å². The van der Waals surface area contributed by atoms with Crippen LogP contribution < -0.4 is 4.83 Å². The summed E-state index contributed by atoms with van der Waals surface area (Å²) in [5.41, 5.74) is -0.105. The number of sulfonamides is 1. The van der Waals surface area contributed by atoms with Gasteiger partial charge in [0.1, 0.15) is 0 Å². The molecule has 0 unspecified atom stereocenters. The molecule has 0 aromatic heterocycles. The lowest BCUT2D eigenvalue weighted by Gasteiger charge is -2.13. The summed E-state index contributed by atoms with van der Waals surface area (Å²) in [4.78, 5) is 13.0. The lowest BCUT2D eigenvalue weighted by molar-refractivity contribution is 0.0695. The number of nitrogens with one attached hydrogen (secondary N) is 1.